The van der Waals surface area contributed by atoms with Crippen molar-refractivity contribution in [1.82, 2.24) is 15.5 Å². The SMILES string of the molecule is CCOc1ccc(-c2noc(CNC(=O)CCc3ccc(Cl)cc3)n2)cc1. The van der Waals surface area contributed by atoms with Crippen LogP contribution in [0.4, 0.5) is 0 Å². The van der Waals surface area contributed by atoms with Crippen LogP contribution in [0.15, 0.2) is 53.1 Å². The predicted octanol–water partition coefficient (Wildman–Crippen LogP) is 4.04. The summed E-state index contributed by atoms with van der Waals surface area (Å²) in [6, 6.07) is 14.9. The van der Waals surface area contributed by atoms with Crippen LogP contribution < -0.4 is 10.1 Å². The zero-order valence-corrected chi connectivity index (χ0v) is 15.7. The van der Waals surface area contributed by atoms with E-state index in [0.717, 1.165) is 16.9 Å². The Morgan fingerprint density at radius 3 is 2.59 bits per heavy atom. The van der Waals surface area contributed by atoms with Gasteiger partial charge >= 0.3 is 0 Å². The van der Waals surface area contributed by atoms with Crippen LogP contribution in [0.2, 0.25) is 5.02 Å². The Morgan fingerprint density at radius 1 is 1.15 bits per heavy atom. The normalized spacial score (nSPS) is 10.6. The minimum atomic E-state index is -0.0780. The van der Waals surface area contributed by atoms with E-state index in [1.54, 1.807) is 0 Å². The molecule has 1 N–H and O–H groups in total. The second kappa shape index (κ2) is 9.19. The molecule has 0 aliphatic heterocycles. The average Bonchev–Trinajstić information content (AvgIpc) is 3.16. The highest BCUT2D eigenvalue weighted by molar-refractivity contribution is 6.30. The highest BCUT2D eigenvalue weighted by Crippen LogP contribution is 2.20. The number of hydrogen-bond donors (Lipinski definition) is 1. The average molecular weight is 386 g/mol. The molecule has 0 aliphatic carbocycles. The lowest BCUT2D eigenvalue weighted by molar-refractivity contribution is -0.121. The van der Waals surface area contributed by atoms with Gasteiger partial charge in [-0.05, 0) is 55.3 Å². The molecule has 0 saturated heterocycles. The number of nitrogens with one attached hydrogen (secondary N) is 1. The van der Waals surface area contributed by atoms with Gasteiger partial charge in [0.2, 0.25) is 17.6 Å². The van der Waals surface area contributed by atoms with Gasteiger partial charge in [0, 0.05) is 17.0 Å². The number of amides is 1. The van der Waals surface area contributed by atoms with Gasteiger partial charge in [-0.25, -0.2) is 0 Å². The number of halogens is 1. The molecule has 0 fully saturated rings. The molecular formula is C20H20ClN3O3. The molecule has 2 aromatic carbocycles. The van der Waals surface area contributed by atoms with Crippen LogP contribution in [0.5, 0.6) is 5.75 Å². The molecule has 27 heavy (non-hydrogen) atoms. The van der Waals surface area contributed by atoms with Crippen molar-refractivity contribution in [1.29, 1.82) is 0 Å². The van der Waals surface area contributed by atoms with Gasteiger partial charge < -0.3 is 14.6 Å². The summed E-state index contributed by atoms with van der Waals surface area (Å²) in [6.07, 6.45) is 1.02. The van der Waals surface area contributed by atoms with E-state index in [4.69, 9.17) is 20.9 Å². The van der Waals surface area contributed by atoms with Crippen LogP contribution in [-0.4, -0.2) is 22.7 Å². The molecule has 3 rings (SSSR count). The summed E-state index contributed by atoms with van der Waals surface area (Å²) in [5.74, 6) is 1.55. The van der Waals surface area contributed by atoms with Crippen LogP contribution >= 0.6 is 11.6 Å². The lowest BCUT2D eigenvalue weighted by Gasteiger charge is -2.03. The van der Waals surface area contributed by atoms with Gasteiger partial charge in [-0.2, -0.15) is 4.98 Å². The fourth-order valence-corrected chi connectivity index (χ4v) is 2.61. The lowest BCUT2D eigenvalue weighted by Crippen LogP contribution is -2.23. The Bertz CT molecular complexity index is 876. The van der Waals surface area contributed by atoms with Crippen LogP contribution in [0.3, 0.4) is 0 Å². The van der Waals surface area contributed by atoms with E-state index in [-0.39, 0.29) is 12.5 Å². The Hall–Kier alpha value is -2.86. The molecule has 140 valence electrons. The minimum Gasteiger partial charge on any atom is -0.494 e. The summed E-state index contributed by atoms with van der Waals surface area (Å²) in [4.78, 5) is 16.3. The number of nitrogens with zero attached hydrogens (tertiary/aromatic N) is 2. The number of ether oxygens (including phenoxy) is 1. The summed E-state index contributed by atoms with van der Waals surface area (Å²) in [7, 11) is 0. The quantitative estimate of drug-likeness (QED) is 0.633. The molecule has 7 heteroatoms. The third-order valence-electron chi connectivity index (χ3n) is 3.88. The number of rotatable bonds is 8. The van der Waals surface area contributed by atoms with Crippen molar-refractivity contribution in [2.24, 2.45) is 0 Å². The first-order valence-electron chi connectivity index (χ1n) is 8.71. The standard InChI is InChI=1S/C20H20ClN3O3/c1-2-26-17-10-6-15(7-11-17)20-23-19(27-24-20)13-22-18(25)12-5-14-3-8-16(21)9-4-14/h3-4,6-11H,2,5,12-13H2,1H3,(H,22,25). The predicted molar refractivity (Wildman–Crippen MR) is 103 cm³/mol. The number of aromatic nitrogens is 2. The van der Waals surface area contributed by atoms with Crippen molar-refractivity contribution >= 4 is 17.5 Å². The number of carbonyl (C=O) groups is 1. The largest absolute Gasteiger partial charge is 0.494 e. The van der Waals surface area contributed by atoms with Gasteiger partial charge in [0.25, 0.3) is 0 Å². The molecule has 1 heterocycles. The first-order chi connectivity index (χ1) is 13.1. The lowest BCUT2D eigenvalue weighted by atomic mass is 10.1. The fraction of sp³-hybridized carbons (Fsp3) is 0.250. The number of aryl methyl sites for hydroxylation is 1. The molecule has 1 aromatic heterocycles. The maximum Gasteiger partial charge on any atom is 0.246 e. The summed E-state index contributed by atoms with van der Waals surface area (Å²) >= 11 is 5.85. The maximum atomic E-state index is 12.0. The molecule has 6 nitrogen and oxygen atoms in total. The second-order valence-corrected chi connectivity index (χ2v) is 6.31. The van der Waals surface area contributed by atoms with Crippen LogP contribution in [0.1, 0.15) is 24.8 Å². The summed E-state index contributed by atoms with van der Waals surface area (Å²) in [5.41, 5.74) is 1.88. The van der Waals surface area contributed by atoms with Crippen molar-refractivity contribution in [3.05, 3.63) is 65.0 Å². The molecule has 0 radical (unpaired) electrons. The van der Waals surface area contributed by atoms with Gasteiger partial charge in [-0.1, -0.05) is 28.9 Å². The third-order valence-corrected chi connectivity index (χ3v) is 4.13. The van der Waals surface area contributed by atoms with Gasteiger partial charge in [0.1, 0.15) is 5.75 Å². The number of hydrogen-bond acceptors (Lipinski definition) is 5. The van der Waals surface area contributed by atoms with Gasteiger partial charge in [-0.15, -0.1) is 0 Å². The Morgan fingerprint density at radius 2 is 1.89 bits per heavy atom. The molecule has 1 amide bonds. The zero-order chi connectivity index (χ0) is 19.1. The van der Waals surface area contributed by atoms with E-state index in [1.165, 1.54) is 0 Å². The summed E-state index contributed by atoms with van der Waals surface area (Å²) < 4.78 is 10.6. The third kappa shape index (κ3) is 5.56. The second-order valence-electron chi connectivity index (χ2n) is 5.87. The van der Waals surface area contributed by atoms with E-state index in [2.05, 4.69) is 15.5 Å². The Labute approximate surface area is 162 Å². The molecular weight excluding hydrogens is 366 g/mol. The van der Waals surface area contributed by atoms with Crippen LogP contribution in [0, 0.1) is 0 Å². The van der Waals surface area contributed by atoms with Crippen molar-refractivity contribution in [2.75, 3.05) is 6.61 Å². The van der Waals surface area contributed by atoms with E-state index in [0.29, 0.717) is 36.2 Å². The van der Waals surface area contributed by atoms with E-state index in [1.807, 2.05) is 55.5 Å². The van der Waals surface area contributed by atoms with Crippen molar-refractivity contribution < 1.29 is 14.1 Å². The monoisotopic (exact) mass is 385 g/mol. The number of carbonyl (C=O) groups excluding carboxylic acids is 1. The van der Waals surface area contributed by atoms with Crippen molar-refractivity contribution in [3.63, 3.8) is 0 Å². The van der Waals surface area contributed by atoms with Gasteiger partial charge in [0.05, 0.1) is 13.2 Å². The molecule has 0 aliphatic rings. The van der Waals surface area contributed by atoms with E-state index in [9.17, 15) is 4.79 Å². The van der Waals surface area contributed by atoms with Gasteiger partial charge in [-0.3, -0.25) is 4.79 Å². The Balaban J connectivity index is 1.48. The van der Waals surface area contributed by atoms with Crippen molar-refractivity contribution in [3.8, 4) is 17.1 Å². The van der Waals surface area contributed by atoms with E-state index >= 15 is 0 Å². The Kier molecular flexibility index (Phi) is 6.44. The molecule has 0 bridgehead atoms. The van der Waals surface area contributed by atoms with Crippen LogP contribution in [0.25, 0.3) is 11.4 Å². The minimum absolute atomic E-state index is 0.0780. The van der Waals surface area contributed by atoms with Gasteiger partial charge in [0.15, 0.2) is 0 Å². The molecule has 0 atom stereocenters. The first kappa shape index (κ1) is 18.9. The highest BCUT2D eigenvalue weighted by atomic mass is 35.5. The maximum absolute atomic E-state index is 12.0. The molecule has 0 saturated carbocycles. The number of benzene rings is 2. The molecule has 0 unspecified atom stereocenters. The van der Waals surface area contributed by atoms with Crippen molar-refractivity contribution in [2.45, 2.75) is 26.3 Å². The summed E-state index contributed by atoms with van der Waals surface area (Å²) in [6.45, 7) is 2.75. The van der Waals surface area contributed by atoms with E-state index < -0.39 is 0 Å². The zero-order valence-electron chi connectivity index (χ0n) is 14.9. The highest BCUT2D eigenvalue weighted by Gasteiger charge is 2.10. The smallest absolute Gasteiger partial charge is 0.246 e. The molecule has 0 spiro atoms. The first-order valence-corrected chi connectivity index (χ1v) is 9.09. The fourth-order valence-electron chi connectivity index (χ4n) is 2.48. The molecule has 3 aromatic rings. The topological polar surface area (TPSA) is 77.3 Å². The summed E-state index contributed by atoms with van der Waals surface area (Å²) in [5, 5.41) is 7.42. The van der Waals surface area contributed by atoms with Crippen LogP contribution in [-0.2, 0) is 17.8 Å².